The van der Waals surface area contributed by atoms with Crippen LogP contribution in [0.5, 0.6) is 0 Å². The molecule has 0 saturated carbocycles. The first kappa shape index (κ1) is 20.1. The minimum Gasteiger partial charge on any atom is -0.451 e. The SMILES string of the molecule is O=C1OC(CCO)(CSc2nc3ccccc3o2)C(Sc2nc3ccccc3o2)C1=O. The van der Waals surface area contributed by atoms with Gasteiger partial charge in [0.1, 0.15) is 21.9 Å². The molecule has 0 aliphatic carbocycles. The van der Waals surface area contributed by atoms with Crippen LogP contribution in [0, 0.1) is 0 Å². The van der Waals surface area contributed by atoms with E-state index < -0.39 is 22.6 Å². The maximum atomic E-state index is 12.7. The Morgan fingerprint density at radius 1 is 0.935 bits per heavy atom. The Hall–Kier alpha value is -2.82. The first-order chi connectivity index (χ1) is 15.1. The summed E-state index contributed by atoms with van der Waals surface area (Å²) in [4.78, 5) is 33.7. The van der Waals surface area contributed by atoms with Crippen LogP contribution < -0.4 is 0 Å². The van der Waals surface area contributed by atoms with Gasteiger partial charge < -0.3 is 18.7 Å². The molecule has 5 rings (SSSR count). The molecule has 1 fully saturated rings. The Kier molecular flexibility index (Phi) is 5.20. The number of benzene rings is 2. The second kappa shape index (κ2) is 8.03. The van der Waals surface area contributed by atoms with Crippen LogP contribution in [-0.2, 0) is 14.3 Å². The first-order valence-corrected chi connectivity index (χ1v) is 11.3. The molecule has 1 saturated heterocycles. The van der Waals surface area contributed by atoms with Gasteiger partial charge in [0.2, 0.25) is 0 Å². The number of carbonyl (C=O) groups excluding carboxylic acids is 2. The summed E-state index contributed by atoms with van der Waals surface area (Å²) in [6, 6.07) is 14.6. The highest BCUT2D eigenvalue weighted by molar-refractivity contribution is 8.01. The number of oxazole rings is 2. The van der Waals surface area contributed by atoms with Crippen molar-refractivity contribution in [2.45, 2.75) is 27.7 Å². The molecule has 2 aromatic carbocycles. The summed E-state index contributed by atoms with van der Waals surface area (Å²) in [6.45, 7) is -0.265. The summed E-state index contributed by atoms with van der Waals surface area (Å²) in [5, 5.41) is 9.40. The van der Waals surface area contributed by atoms with Gasteiger partial charge in [-0.15, -0.1) is 0 Å². The second-order valence-electron chi connectivity index (χ2n) is 6.97. The van der Waals surface area contributed by atoms with Gasteiger partial charge in [0.15, 0.2) is 11.2 Å². The van der Waals surface area contributed by atoms with Crippen LogP contribution in [0.3, 0.4) is 0 Å². The summed E-state index contributed by atoms with van der Waals surface area (Å²) in [6.07, 6.45) is 0.0790. The molecule has 0 radical (unpaired) electrons. The number of nitrogens with zero attached hydrogens (tertiary/aromatic N) is 2. The minimum absolute atomic E-state index is 0.0790. The number of ketones is 1. The van der Waals surface area contributed by atoms with E-state index in [0.717, 1.165) is 11.8 Å². The highest BCUT2D eigenvalue weighted by atomic mass is 32.2. The fraction of sp³-hybridized carbons (Fsp3) is 0.238. The molecule has 1 aliphatic rings. The maximum absolute atomic E-state index is 12.7. The van der Waals surface area contributed by atoms with Gasteiger partial charge in [-0.1, -0.05) is 47.8 Å². The number of ether oxygens (including phenoxy) is 1. The average molecular weight is 457 g/mol. The summed E-state index contributed by atoms with van der Waals surface area (Å²) < 4.78 is 17.0. The topological polar surface area (TPSA) is 116 Å². The van der Waals surface area contributed by atoms with Gasteiger partial charge in [-0.05, 0) is 24.3 Å². The van der Waals surface area contributed by atoms with Gasteiger partial charge in [-0.3, -0.25) is 4.79 Å². The van der Waals surface area contributed by atoms with Crippen molar-refractivity contribution in [1.82, 2.24) is 9.97 Å². The molecule has 2 aromatic heterocycles. The lowest BCUT2D eigenvalue weighted by atomic mass is 9.97. The van der Waals surface area contributed by atoms with Gasteiger partial charge in [-0.2, -0.15) is 0 Å². The molecule has 4 aromatic rings. The largest absolute Gasteiger partial charge is 0.451 e. The van der Waals surface area contributed by atoms with Crippen LogP contribution in [0.15, 0.2) is 67.8 Å². The number of aliphatic hydroxyl groups is 1. The van der Waals surface area contributed by atoms with Crippen LogP contribution in [0.25, 0.3) is 22.2 Å². The third-order valence-electron chi connectivity index (χ3n) is 4.96. The number of carbonyl (C=O) groups is 2. The van der Waals surface area contributed by atoms with E-state index in [-0.39, 0.29) is 24.0 Å². The average Bonchev–Trinajstić information content (AvgIpc) is 3.43. The normalized spacial score (nSPS) is 21.3. The lowest BCUT2D eigenvalue weighted by Gasteiger charge is -2.30. The highest BCUT2D eigenvalue weighted by Gasteiger charge is 2.56. The maximum Gasteiger partial charge on any atom is 0.376 e. The van der Waals surface area contributed by atoms with Crippen molar-refractivity contribution in [1.29, 1.82) is 0 Å². The third kappa shape index (κ3) is 3.71. The van der Waals surface area contributed by atoms with Crippen molar-refractivity contribution in [2.24, 2.45) is 0 Å². The molecule has 1 aliphatic heterocycles. The van der Waals surface area contributed by atoms with Crippen LogP contribution >= 0.6 is 23.5 Å². The molecule has 10 heteroatoms. The predicted molar refractivity (Wildman–Crippen MR) is 114 cm³/mol. The monoisotopic (exact) mass is 456 g/mol. The van der Waals surface area contributed by atoms with Gasteiger partial charge in [0.25, 0.3) is 16.2 Å². The number of fused-ring (bicyclic) bond motifs is 2. The van der Waals surface area contributed by atoms with Gasteiger partial charge in [0, 0.05) is 18.8 Å². The van der Waals surface area contributed by atoms with Crippen molar-refractivity contribution in [2.75, 3.05) is 12.4 Å². The van der Waals surface area contributed by atoms with Gasteiger partial charge >= 0.3 is 5.97 Å². The molecule has 8 nitrogen and oxygen atoms in total. The number of Topliss-reactive ketones (excluding diaryl/α,β-unsaturated/α-hetero) is 1. The molecule has 0 bridgehead atoms. The Bertz CT molecular complexity index is 1220. The molecular weight excluding hydrogens is 440 g/mol. The molecule has 31 heavy (non-hydrogen) atoms. The lowest BCUT2D eigenvalue weighted by Crippen LogP contribution is -2.43. The number of cyclic esters (lactones) is 1. The summed E-state index contributed by atoms with van der Waals surface area (Å²) in [7, 11) is 0. The molecule has 2 unspecified atom stereocenters. The number of thioether (sulfide) groups is 2. The third-order valence-corrected chi connectivity index (χ3v) is 7.27. The number of rotatable bonds is 7. The van der Waals surface area contributed by atoms with Crippen molar-refractivity contribution in [3.05, 3.63) is 48.5 Å². The Morgan fingerprint density at radius 2 is 1.55 bits per heavy atom. The molecule has 2 atom stereocenters. The van der Waals surface area contributed by atoms with Crippen LogP contribution in [0.2, 0.25) is 0 Å². The number of aliphatic hydroxyl groups excluding tert-OH is 1. The predicted octanol–water partition coefficient (Wildman–Crippen LogP) is 3.47. The van der Waals surface area contributed by atoms with Gasteiger partial charge in [-0.25, -0.2) is 14.8 Å². The summed E-state index contributed by atoms with van der Waals surface area (Å²) >= 11 is 2.25. The van der Waals surface area contributed by atoms with E-state index in [0.29, 0.717) is 27.4 Å². The fourth-order valence-corrected chi connectivity index (χ4v) is 5.76. The van der Waals surface area contributed by atoms with Gasteiger partial charge in [0.05, 0.1) is 0 Å². The Labute approximate surface area is 184 Å². The second-order valence-corrected chi connectivity index (χ2v) is 8.96. The quantitative estimate of drug-likeness (QED) is 0.252. The molecule has 0 amide bonds. The van der Waals surface area contributed by atoms with Crippen molar-refractivity contribution >= 4 is 57.5 Å². The number of hydrogen-bond donors (Lipinski definition) is 1. The van der Waals surface area contributed by atoms with Crippen molar-refractivity contribution in [3.63, 3.8) is 0 Å². The summed E-state index contributed by atoms with van der Waals surface area (Å²) in [5.41, 5.74) is 1.32. The van der Waals surface area contributed by atoms with E-state index in [4.69, 9.17) is 13.6 Å². The van der Waals surface area contributed by atoms with E-state index in [1.165, 1.54) is 11.8 Å². The summed E-state index contributed by atoms with van der Waals surface area (Å²) in [5.74, 6) is -1.44. The van der Waals surface area contributed by atoms with E-state index in [1.54, 1.807) is 18.2 Å². The standard InChI is InChI=1S/C21H16N2O6S2/c24-10-9-21(11-30-19-22-12-5-1-3-7-14(12)27-19)17(16(25)18(26)29-21)31-20-23-13-6-2-4-8-15(13)28-20/h1-8,17,24H,9-11H2. The Balaban J connectivity index is 1.43. The zero-order chi connectivity index (χ0) is 21.4. The number of para-hydroxylation sites is 4. The van der Waals surface area contributed by atoms with Crippen LogP contribution in [0.1, 0.15) is 6.42 Å². The highest BCUT2D eigenvalue weighted by Crippen LogP contribution is 2.43. The Morgan fingerprint density at radius 3 is 2.19 bits per heavy atom. The van der Waals surface area contributed by atoms with E-state index in [9.17, 15) is 14.7 Å². The fourth-order valence-electron chi connectivity index (χ4n) is 3.44. The van der Waals surface area contributed by atoms with Crippen molar-refractivity contribution < 1.29 is 28.3 Å². The zero-order valence-corrected chi connectivity index (χ0v) is 17.6. The molecule has 1 N–H and O–H groups in total. The van der Waals surface area contributed by atoms with Crippen molar-refractivity contribution in [3.8, 4) is 0 Å². The number of hydrogen-bond acceptors (Lipinski definition) is 10. The molecule has 3 heterocycles. The lowest BCUT2D eigenvalue weighted by molar-refractivity contribution is -0.152. The zero-order valence-electron chi connectivity index (χ0n) is 16.0. The number of aromatic nitrogens is 2. The molecule has 0 spiro atoms. The number of esters is 1. The van der Waals surface area contributed by atoms with Crippen LogP contribution in [-0.4, -0.2) is 50.0 Å². The molecule has 158 valence electrons. The van der Waals surface area contributed by atoms with E-state index in [1.807, 2.05) is 30.3 Å². The van der Waals surface area contributed by atoms with Crippen LogP contribution in [0.4, 0.5) is 0 Å². The smallest absolute Gasteiger partial charge is 0.376 e. The van der Waals surface area contributed by atoms with E-state index in [2.05, 4.69) is 9.97 Å². The molecular formula is C21H16N2O6S2. The first-order valence-electron chi connectivity index (χ1n) is 9.47. The van der Waals surface area contributed by atoms with E-state index >= 15 is 0 Å². The minimum atomic E-state index is -1.25.